The Morgan fingerprint density at radius 2 is 2.04 bits per heavy atom. The van der Waals surface area contributed by atoms with Crippen LogP contribution in [0.15, 0.2) is 18.2 Å². The lowest BCUT2D eigenvalue weighted by molar-refractivity contribution is -0.137. The van der Waals surface area contributed by atoms with Gasteiger partial charge in [0.2, 0.25) is 0 Å². The molecule has 1 aliphatic heterocycles. The number of fused-ring (bicyclic) bond motifs is 1. The summed E-state index contributed by atoms with van der Waals surface area (Å²) >= 11 is 0. The molecule has 1 heterocycles. The average molecular weight is 360 g/mol. The molecule has 0 fully saturated rings. The smallest absolute Gasteiger partial charge is 0.416 e. The van der Waals surface area contributed by atoms with Crippen LogP contribution in [0.25, 0.3) is 0 Å². The maximum atomic E-state index is 12.7. The molecule has 1 aliphatic rings. The van der Waals surface area contributed by atoms with Crippen LogP contribution in [-0.2, 0) is 10.9 Å². The first kappa shape index (κ1) is 19.4. The van der Waals surface area contributed by atoms with Crippen LogP contribution in [0.2, 0.25) is 0 Å². The minimum Gasteiger partial charge on any atom is -0.491 e. The van der Waals surface area contributed by atoms with E-state index >= 15 is 0 Å². The predicted octanol–water partition coefficient (Wildman–Crippen LogP) is 3.60. The van der Waals surface area contributed by atoms with E-state index in [1.54, 1.807) is 27.8 Å². The number of rotatable bonds is 4. The van der Waals surface area contributed by atoms with Crippen molar-refractivity contribution in [2.75, 3.05) is 26.7 Å². The average Bonchev–Trinajstić information content (AvgIpc) is 2.87. The number of likely N-dealkylation sites (N-methyl/N-ethyl adjacent to an activating group) is 1. The molecule has 0 spiro atoms. The van der Waals surface area contributed by atoms with E-state index in [-0.39, 0.29) is 18.4 Å². The number of amides is 1. The number of hydrogen-bond donors (Lipinski definition) is 1. The number of nitrogens with one attached hydrogen (secondary N) is 1. The monoisotopic (exact) mass is 360 g/mol. The summed E-state index contributed by atoms with van der Waals surface area (Å²) in [6.07, 6.45) is -4.81. The largest absolute Gasteiger partial charge is 0.491 e. The molecule has 0 bridgehead atoms. The number of ether oxygens (including phenoxy) is 2. The van der Waals surface area contributed by atoms with Crippen LogP contribution < -0.4 is 10.1 Å². The molecule has 0 saturated heterocycles. The van der Waals surface area contributed by atoms with Crippen LogP contribution in [0.1, 0.15) is 37.9 Å². The second-order valence-electron chi connectivity index (χ2n) is 6.97. The van der Waals surface area contributed by atoms with E-state index in [4.69, 9.17) is 9.47 Å². The molecule has 1 aromatic carbocycles. The quantitative estimate of drug-likeness (QED) is 0.891. The fourth-order valence-corrected chi connectivity index (χ4v) is 2.39. The highest BCUT2D eigenvalue weighted by molar-refractivity contribution is 5.67. The van der Waals surface area contributed by atoms with Crippen molar-refractivity contribution in [3.8, 4) is 5.75 Å². The summed E-state index contributed by atoms with van der Waals surface area (Å²) < 4.78 is 48.8. The van der Waals surface area contributed by atoms with Gasteiger partial charge in [-0.25, -0.2) is 4.79 Å². The van der Waals surface area contributed by atoms with E-state index in [1.807, 2.05) is 0 Å². The van der Waals surface area contributed by atoms with Gasteiger partial charge in [-0.1, -0.05) is 6.07 Å². The first-order valence-electron chi connectivity index (χ1n) is 7.99. The lowest BCUT2D eigenvalue weighted by atomic mass is 10.1. The van der Waals surface area contributed by atoms with Gasteiger partial charge in [0.25, 0.3) is 0 Å². The Morgan fingerprint density at radius 1 is 1.36 bits per heavy atom. The second-order valence-corrected chi connectivity index (χ2v) is 6.97. The van der Waals surface area contributed by atoms with Crippen molar-refractivity contribution in [2.45, 2.75) is 38.6 Å². The van der Waals surface area contributed by atoms with Crippen molar-refractivity contribution in [1.29, 1.82) is 0 Å². The highest BCUT2D eigenvalue weighted by Gasteiger charge is 2.33. The van der Waals surface area contributed by atoms with Crippen LogP contribution in [0.5, 0.6) is 5.75 Å². The number of halogens is 3. The van der Waals surface area contributed by atoms with Crippen molar-refractivity contribution in [3.63, 3.8) is 0 Å². The summed E-state index contributed by atoms with van der Waals surface area (Å²) in [6, 6.07) is 3.29. The van der Waals surface area contributed by atoms with Gasteiger partial charge in [0.1, 0.15) is 18.0 Å². The Labute approximate surface area is 145 Å². The van der Waals surface area contributed by atoms with Crippen LogP contribution in [0, 0.1) is 0 Å². The lowest BCUT2D eigenvalue weighted by Gasteiger charge is -2.25. The minimum atomic E-state index is -4.39. The van der Waals surface area contributed by atoms with Crippen molar-refractivity contribution < 1.29 is 27.4 Å². The SMILES string of the molecule is CN(CCNC1COc2cc(C(F)(F)F)ccc21)C(=O)OC(C)(C)C. The highest BCUT2D eigenvalue weighted by Crippen LogP contribution is 2.38. The molecular formula is C17H23F3N2O3. The van der Waals surface area contributed by atoms with Gasteiger partial charge in [-0.15, -0.1) is 0 Å². The molecule has 0 aromatic heterocycles. The summed E-state index contributed by atoms with van der Waals surface area (Å²) in [6.45, 7) is 6.50. The Kier molecular flexibility index (Phi) is 5.51. The predicted molar refractivity (Wildman–Crippen MR) is 86.5 cm³/mol. The molecule has 140 valence electrons. The number of hydrogen-bond acceptors (Lipinski definition) is 4. The maximum Gasteiger partial charge on any atom is 0.416 e. The zero-order valence-corrected chi connectivity index (χ0v) is 14.7. The van der Waals surface area contributed by atoms with Crippen LogP contribution in [0.4, 0.5) is 18.0 Å². The van der Waals surface area contributed by atoms with Crippen LogP contribution in [-0.4, -0.2) is 43.3 Å². The number of alkyl halides is 3. The summed E-state index contributed by atoms with van der Waals surface area (Å²) in [4.78, 5) is 13.3. The topological polar surface area (TPSA) is 50.8 Å². The van der Waals surface area contributed by atoms with E-state index in [1.165, 1.54) is 11.0 Å². The maximum absolute atomic E-state index is 12.7. The molecule has 1 unspecified atom stereocenters. The Morgan fingerprint density at radius 3 is 2.64 bits per heavy atom. The zero-order valence-electron chi connectivity index (χ0n) is 14.7. The first-order chi connectivity index (χ1) is 11.5. The Balaban J connectivity index is 1.87. The van der Waals surface area contributed by atoms with Gasteiger partial charge in [0.15, 0.2) is 0 Å². The normalized spacial score (nSPS) is 17.0. The number of benzene rings is 1. The first-order valence-corrected chi connectivity index (χ1v) is 7.99. The minimum absolute atomic E-state index is 0.204. The van der Waals surface area contributed by atoms with E-state index in [2.05, 4.69) is 5.32 Å². The highest BCUT2D eigenvalue weighted by atomic mass is 19.4. The second kappa shape index (κ2) is 7.11. The molecule has 1 atom stereocenters. The van der Waals surface area contributed by atoms with Crippen molar-refractivity contribution in [3.05, 3.63) is 29.3 Å². The van der Waals surface area contributed by atoms with Crippen molar-refractivity contribution in [1.82, 2.24) is 10.2 Å². The molecule has 25 heavy (non-hydrogen) atoms. The van der Waals surface area contributed by atoms with E-state index in [9.17, 15) is 18.0 Å². The fourth-order valence-electron chi connectivity index (χ4n) is 2.39. The zero-order chi connectivity index (χ0) is 18.8. The number of carbonyl (C=O) groups excluding carboxylic acids is 1. The molecule has 0 saturated carbocycles. The van der Waals surface area contributed by atoms with E-state index < -0.39 is 23.4 Å². The molecule has 1 aromatic rings. The Hall–Kier alpha value is -1.96. The van der Waals surface area contributed by atoms with Crippen molar-refractivity contribution in [2.24, 2.45) is 0 Å². The molecule has 0 radical (unpaired) electrons. The third kappa shape index (κ3) is 5.26. The van der Waals surface area contributed by atoms with Gasteiger partial charge < -0.3 is 19.7 Å². The molecule has 1 amide bonds. The van der Waals surface area contributed by atoms with Crippen LogP contribution in [0.3, 0.4) is 0 Å². The summed E-state index contributed by atoms with van der Waals surface area (Å²) in [7, 11) is 1.63. The summed E-state index contributed by atoms with van der Waals surface area (Å²) in [5.74, 6) is 0.243. The van der Waals surface area contributed by atoms with Gasteiger partial charge in [-0.3, -0.25) is 0 Å². The van der Waals surface area contributed by atoms with Gasteiger partial charge in [0.05, 0.1) is 11.6 Å². The third-order valence-electron chi connectivity index (χ3n) is 3.66. The van der Waals surface area contributed by atoms with Gasteiger partial charge in [-0.2, -0.15) is 13.2 Å². The van der Waals surface area contributed by atoms with Gasteiger partial charge in [-0.05, 0) is 32.9 Å². The van der Waals surface area contributed by atoms with Crippen LogP contribution >= 0.6 is 0 Å². The van der Waals surface area contributed by atoms with Gasteiger partial charge in [0, 0.05) is 25.7 Å². The molecule has 0 aliphatic carbocycles. The van der Waals surface area contributed by atoms with Crippen molar-refractivity contribution >= 4 is 6.09 Å². The standard InChI is InChI=1S/C17H23F3N2O3/c1-16(2,3)25-15(23)22(4)8-7-21-13-10-24-14-9-11(17(18,19)20)5-6-12(13)14/h5-6,9,13,21H,7-8,10H2,1-4H3. The Bertz CT molecular complexity index is 627. The van der Waals surface area contributed by atoms with E-state index in [0.29, 0.717) is 18.7 Å². The van der Waals surface area contributed by atoms with E-state index in [0.717, 1.165) is 12.1 Å². The third-order valence-corrected chi connectivity index (χ3v) is 3.66. The van der Waals surface area contributed by atoms with Gasteiger partial charge >= 0.3 is 12.3 Å². The number of carbonyl (C=O) groups is 1. The molecule has 8 heteroatoms. The molecule has 1 N–H and O–H groups in total. The fraction of sp³-hybridized carbons (Fsp3) is 0.588. The molecule has 2 rings (SSSR count). The summed E-state index contributed by atoms with van der Waals surface area (Å²) in [5.41, 5.74) is -0.600. The molecule has 5 nitrogen and oxygen atoms in total. The molecular weight excluding hydrogens is 337 g/mol. The lowest BCUT2D eigenvalue weighted by Crippen LogP contribution is -2.38. The number of nitrogens with zero attached hydrogens (tertiary/aromatic N) is 1. The summed E-state index contributed by atoms with van der Waals surface area (Å²) in [5, 5.41) is 3.19.